The minimum Gasteiger partial charge on any atom is -0.395 e. The topological polar surface area (TPSA) is 36.9 Å². The van der Waals surface area contributed by atoms with Gasteiger partial charge in [-0.15, -0.1) is 7.05 Å². The third kappa shape index (κ3) is 1.93. The Kier molecular flexibility index (Phi) is 2.88. The van der Waals surface area contributed by atoms with Crippen LogP contribution in [-0.2, 0) is 0 Å². The molecule has 0 aromatic heterocycles. The Hall–Kier alpha value is -0.570. The summed E-state index contributed by atoms with van der Waals surface area (Å²) in [6.45, 7) is 3.01. The molecule has 1 atom stereocenters. The van der Waals surface area contributed by atoms with Crippen LogP contribution in [-0.4, -0.2) is 23.5 Å². The van der Waals surface area contributed by atoms with Crippen LogP contribution in [0.4, 0.5) is 4.79 Å². The average Bonchev–Trinajstić information content (AvgIpc) is 2.04. The lowest BCUT2D eigenvalue weighted by molar-refractivity contribution is -0.499. The normalized spacial score (nSPS) is 25.3. The molecule has 2 amide bonds. The molecular weight excluding hydrogens is 140 g/mol. The fourth-order valence-corrected chi connectivity index (χ4v) is 1.54. The number of carbonyl (C=O) groups is 1. The highest BCUT2D eigenvalue weighted by Gasteiger charge is 2.23. The van der Waals surface area contributed by atoms with Gasteiger partial charge in [-0.2, -0.15) is 0 Å². The van der Waals surface area contributed by atoms with E-state index in [2.05, 4.69) is 14.0 Å². The van der Waals surface area contributed by atoms with Gasteiger partial charge in [0, 0.05) is 12.6 Å². The van der Waals surface area contributed by atoms with E-state index in [0.717, 1.165) is 19.4 Å². The number of rotatable bonds is 0. The van der Waals surface area contributed by atoms with Gasteiger partial charge in [-0.1, -0.05) is 0 Å². The molecule has 3 heteroatoms. The summed E-state index contributed by atoms with van der Waals surface area (Å²) in [4.78, 5) is 13.1. The van der Waals surface area contributed by atoms with E-state index in [4.69, 9.17) is 0 Å². The van der Waals surface area contributed by atoms with Crippen LogP contribution in [0.5, 0.6) is 0 Å². The molecule has 0 aromatic rings. The van der Waals surface area contributed by atoms with Crippen LogP contribution in [0.1, 0.15) is 26.2 Å². The van der Waals surface area contributed by atoms with Crippen molar-refractivity contribution in [2.24, 2.45) is 0 Å². The molecule has 1 fully saturated rings. The second-order valence-corrected chi connectivity index (χ2v) is 3.08. The molecule has 1 unspecified atom stereocenters. The van der Waals surface area contributed by atoms with Crippen molar-refractivity contribution in [1.29, 1.82) is 0 Å². The first kappa shape index (κ1) is 8.53. The summed E-state index contributed by atoms with van der Waals surface area (Å²) in [6, 6.07) is 0.492. The quantitative estimate of drug-likeness (QED) is 0.504. The highest BCUT2D eigenvalue weighted by molar-refractivity contribution is 5.64. The maximum atomic E-state index is 11.2. The third-order valence-corrected chi connectivity index (χ3v) is 2.26. The first-order valence-corrected chi connectivity index (χ1v) is 4.18. The van der Waals surface area contributed by atoms with E-state index < -0.39 is 0 Å². The number of primary amides is 1. The lowest BCUT2D eigenvalue weighted by Gasteiger charge is -2.31. The molecule has 1 saturated heterocycles. The Morgan fingerprint density at radius 3 is 2.91 bits per heavy atom. The lowest BCUT2D eigenvalue weighted by Crippen LogP contribution is -2.85. The molecule has 0 saturated carbocycles. The summed E-state index contributed by atoms with van der Waals surface area (Å²) in [6.07, 6.45) is 3.53. The van der Waals surface area contributed by atoms with Crippen molar-refractivity contribution >= 4 is 6.03 Å². The fraction of sp³-hybridized carbons (Fsp3) is 0.750. The Morgan fingerprint density at radius 2 is 2.36 bits per heavy atom. The van der Waals surface area contributed by atoms with Gasteiger partial charge in [-0.3, -0.25) is 4.90 Å². The van der Waals surface area contributed by atoms with Gasteiger partial charge < -0.3 is 5.32 Å². The van der Waals surface area contributed by atoms with Crippen molar-refractivity contribution in [1.82, 2.24) is 4.90 Å². The summed E-state index contributed by atoms with van der Waals surface area (Å²) in [5.74, 6) is 0. The first-order chi connectivity index (χ1) is 5.25. The van der Waals surface area contributed by atoms with Crippen molar-refractivity contribution in [3.63, 3.8) is 0 Å². The molecule has 1 rings (SSSR count). The first-order valence-electron chi connectivity index (χ1n) is 4.18. The molecule has 0 radical (unpaired) electrons. The molecule has 64 valence electrons. The van der Waals surface area contributed by atoms with E-state index in [0.29, 0.717) is 6.04 Å². The van der Waals surface area contributed by atoms with Gasteiger partial charge in [0.25, 0.3) is 0 Å². The summed E-state index contributed by atoms with van der Waals surface area (Å²) in [5, 5.41) is 1.40. The van der Waals surface area contributed by atoms with Gasteiger partial charge >= 0.3 is 6.03 Å². The largest absolute Gasteiger partial charge is 0.395 e. The van der Waals surface area contributed by atoms with Gasteiger partial charge in [0.1, 0.15) is 0 Å². The minimum atomic E-state index is 0.0807. The molecule has 3 nitrogen and oxygen atoms in total. The maximum Gasteiger partial charge on any atom is 0.389 e. The standard InChI is InChI=1S/C8H16N2O/c1-7-5-3-4-6-10(7)8(11)9-2/h7H,2-6,9H2,1H3. The molecule has 2 N–H and O–H groups in total. The summed E-state index contributed by atoms with van der Waals surface area (Å²) in [7, 11) is 3.48. The zero-order chi connectivity index (χ0) is 8.27. The number of nitrogens with two attached hydrogens (primary N) is 1. The second-order valence-electron chi connectivity index (χ2n) is 3.08. The van der Waals surface area contributed by atoms with E-state index in [1.165, 1.54) is 11.7 Å². The van der Waals surface area contributed by atoms with E-state index in [1.54, 1.807) is 0 Å². The number of hydrogen-bond acceptors (Lipinski definition) is 1. The fourth-order valence-electron chi connectivity index (χ4n) is 1.54. The summed E-state index contributed by atoms with van der Waals surface area (Å²) in [5.41, 5.74) is 0. The van der Waals surface area contributed by atoms with Crippen LogP contribution in [0.25, 0.3) is 0 Å². The van der Waals surface area contributed by atoms with Gasteiger partial charge in [0.15, 0.2) is 0 Å². The van der Waals surface area contributed by atoms with E-state index >= 15 is 0 Å². The summed E-state index contributed by atoms with van der Waals surface area (Å²) >= 11 is 0. The van der Waals surface area contributed by atoms with Crippen molar-refractivity contribution in [3.8, 4) is 0 Å². The Bertz CT molecular complexity index is 147. The molecule has 0 spiro atoms. The molecule has 0 aliphatic carbocycles. The van der Waals surface area contributed by atoms with Crippen molar-refractivity contribution in [3.05, 3.63) is 7.05 Å². The zero-order valence-electron chi connectivity index (χ0n) is 7.05. The van der Waals surface area contributed by atoms with Gasteiger partial charge in [0.2, 0.25) is 0 Å². The number of hydrogen-bond donors (Lipinski definition) is 1. The Labute approximate surface area is 67.8 Å². The minimum absolute atomic E-state index is 0.0807. The van der Waals surface area contributed by atoms with Crippen LogP contribution in [0.15, 0.2) is 0 Å². The lowest BCUT2D eigenvalue weighted by atomic mass is 10.0. The molecule has 1 aliphatic heterocycles. The van der Waals surface area contributed by atoms with E-state index in [1.807, 2.05) is 4.90 Å². The van der Waals surface area contributed by atoms with Crippen LogP contribution < -0.4 is 5.32 Å². The average molecular weight is 156 g/mol. The highest BCUT2D eigenvalue weighted by atomic mass is 16.2. The molecule has 1 aliphatic rings. The number of urea groups is 1. The van der Waals surface area contributed by atoms with Crippen LogP contribution in [0.3, 0.4) is 0 Å². The van der Waals surface area contributed by atoms with Crippen LogP contribution >= 0.6 is 0 Å². The highest BCUT2D eigenvalue weighted by Crippen LogP contribution is 2.14. The molecule has 0 bridgehead atoms. The maximum absolute atomic E-state index is 11.2. The molecule has 11 heavy (non-hydrogen) atoms. The molecule has 1 heterocycles. The monoisotopic (exact) mass is 156 g/mol. The number of piperidine rings is 1. The Morgan fingerprint density at radius 1 is 1.64 bits per heavy atom. The van der Waals surface area contributed by atoms with Crippen molar-refractivity contribution in [2.75, 3.05) is 6.54 Å². The van der Waals surface area contributed by atoms with Crippen molar-refractivity contribution < 1.29 is 10.1 Å². The zero-order valence-corrected chi connectivity index (χ0v) is 7.05. The number of carbonyl (C=O) groups excluding carboxylic acids is 1. The summed E-state index contributed by atoms with van der Waals surface area (Å²) < 4.78 is 0. The second kappa shape index (κ2) is 3.72. The Balaban J connectivity index is 2.47. The number of quaternary nitrogens is 1. The molecule has 0 aromatic carbocycles. The smallest absolute Gasteiger partial charge is 0.389 e. The third-order valence-electron chi connectivity index (χ3n) is 2.26. The van der Waals surface area contributed by atoms with Gasteiger partial charge in [0.05, 0.1) is 0 Å². The van der Waals surface area contributed by atoms with Crippen molar-refractivity contribution in [2.45, 2.75) is 32.2 Å². The predicted octanol–water partition coefficient (Wildman–Crippen LogP) is 0.336. The molecular formula is C8H16N2O. The number of amides is 2. The van der Waals surface area contributed by atoms with Crippen LogP contribution in [0, 0.1) is 7.05 Å². The number of nitrogens with zero attached hydrogens (tertiary/aromatic N) is 1. The van der Waals surface area contributed by atoms with Gasteiger partial charge in [-0.05, 0) is 26.2 Å². The van der Waals surface area contributed by atoms with E-state index in [9.17, 15) is 4.79 Å². The predicted molar refractivity (Wildman–Crippen MR) is 42.7 cm³/mol. The SMILES string of the molecule is [CH2-][NH2+]C(=O)N1CCCCC1C. The number of likely N-dealkylation sites (tertiary alicyclic amines) is 1. The van der Waals surface area contributed by atoms with E-state index in [-0.39, 0.29) is 6.03 Å². The van der Waals surface area contributed by atoms with Gasteiger partial charge in [-0.25, -0.2) is 4.79 Å². The van der Waals surface area contributed by atoms with Crippen LogP contribution in [0.2, 0.25) is 0 Å².